The van der Waals surface area contributed by atoms with E-state index in [1.54, 1.807) is 25.3 Å². The fourth-order valence-corrected chi connectivity index (χ4v) is 3.53. The largest absolute Gasteiger partial charge is 0.466 e. The van der Waals surface area contributed by atoms with Crippen LogP contribution in [0.1, 0.15) is 23.8 Å². The quantitative estimate of drug-likeness (QED) is 0.666. The van der Waals surface area contributed by atoms with Crippen molar-refractivity contribution in [3.8, 4) is 11.3 Å². The summed E-state index contributed by atoms with van der Waals surface area (Å²) >= 11 is 1.06. The number of nitrogens with zero attached hydrogens (tertiary/aromatic N) is 3. The predicted octanol–water partition coefficient (Wildman–Crippen LogP) is 3.53. The van der Waals surface area contributed by atoms with Gasteiger partial charge in [-0.2, -0.15) is 13.2 Å². The monoisotopic (exact) mass is 414 g/mol. The second kappa shape index (κ2) is 7.06. The Morgan fingerprint density at radius 3 is 2.64 bits per heavy atom. The maximum atomic E-state index is 13.5. The van der Waals surface area contributed by atoms with E-state index in [2.05, 4.69) is 15.3 Å². The smallest absolute Gasteiger partial charge is 0.425 e. The molecule has 7 nitrogen and oxygen atoms in total. The van der Waals surface area contributed by atoms with Gasteiger partial charge in [0.25, 0.3) is 0 Å². The summed E-state index contributed by atoms with van der Waals surface area (Å²) in [5, 5.41) is 14.3. The standard InChI is InChI=1S/C17H17F3N4O3S/c1-9-6-11(10(2)27-9)12-8-28-15(22-12)23-13(25)7-16(26,17(18,19)20)14-21-4-5-24(14)3/h4-6,8,26H,7H2,1-3H3,(H,22,23,25). The maximum Gasteiger partial charge on any atom is 0.425 e. The molecule has 0 fully saturated rings. The summed E-state index contributed by atoms with van der Waals surface area (Å²) in [4.78, 5) is 20.0. The summed E-state index contributed by atoms with van der Waals surface area (Å²) in [6, 6.07) is 1.78. The number of amides is 1. The number of imidazole rings is 1. The van der Waals surface area contributed by atoms with Crippen LogP contribution < -0.4 is 5.32 Å². The van der Waals surface area contributed by atoms with Crippen molar-refractivity contribution >= 4 is 22.4 Å². The van der Waals surface area contributed by atoms with Gasteiger partial charge in [-0.25, -0.2) is 9.97 Å². The van der Waals surface area contributed by atoms with Crippen LogP contribution in [0, 0.1) is 13.8 Å². The minimum Gasteiger partial charge on any atom is -0.466 e. The molecule has 0 radical (unpaired) electrons. The number of anilines is 1. The summed E-state index contributed by atoms with van der Waals surface area (Å²) in [5.74, 6) is -0.374. The van der Waals surface area contributed by atoms with Gasteiger partial charge >= 0.3 is 6.18 Å². The molecule has 0 aliphatic carbocycles. The van der Waals surface area contributed by atoms with Crippen LogP contribution in [0.5, 0.6) is 0 Å². The number of carbonyl (C=O) groups is 1. The molecule has 1 unspecified atom stereocenters. The second-order valence-corrected chi connectivity index (χ2v) is 7.17. The number of carbonyl (C=O) groups excluding carboxylic acids is 1. The molecule has 3 heterocycles. The Kier molecular flexibility index (Phi) is 5.06. The number of aryl methyl sites for hydroxylation is 3. The van der Waals surface area contributed by atoms with Gasteiger partial charge in [-0.15, -0.1) is 11.3 Å². The van der Waals surface area contributed by atoms with Crippen molar-refractivity contribution in [2.24, 2.45) is 7.05 Å². The molecule has 0 aliphatic heterocycles. The van der Waals surface area contributed by atoms with Gasteiger partial charge in [0.15, 0.2) is 11.0 Å². The number of aromatic nitrogens is 3. The molecule has 3 aromatic heterocycles. The molecule has 0 saturated heterocycles. The highest BCUT2D eigenvalue weighted by molar-refractivity contribution is 7.14. The number of hydrogen-bond donors (Lipinski definition) is 2. The fourth-order valence-electron chi connectivity index (χ4n) is 2.81. The number of alkyl halides is 3. The topological polar surface area (TPSA) is 93.2 Å². The van der Waals surface area contributed by atoms with Gasteiger partial charge in [-0.05, 0) is 19.9 Å². The third kappa shape index (κ3) is 3.67. The third-order valence-electron chi connectivity index (χ3n) is 4.14. The summed E-state index contributed by atoms with van der Waals surface area (Å²) < 4.78 is 47.0. The highest BCUT2D eigenvalue weighted by atomic mass is 32.1. The van der Waals surface area contributed by atoms with E-state index in [-0.39, 0.29) is 5.13 Å². The molecule has 0 saturated carbocycles. The Balaban J connectivity index is 1.79. The van der Waals surface area contributed by atoms with Crippen LogP contribution in [0.2, 0.25) is 0 Å². The molecule has 3 rings (SSSR count). The summed E-state index contributed by atoms with van der Waals surface area (Å²) in [5.41, 5.74) is -2.16. The van der Waals surface area contributed by atoms with Gasteiger partial charge in [0.2, 0.25) is 11.5 Å². The first kappa shape index (κ1) is 20.1. The zero-order chi connectivity index (χ0) is 20.7. The Bertz CT molecular complexity index is 1010. The highest BCUT2D eigenvalue weighted by Gasteiger charge is 2.58. The number of halogens is 3. The molecule has 11 heteroatoms. The Morgan fingerprint density at radius 1 is 1.39 bits per heavy atom. The summed E-state index contributed by atoms with van der Waals surface area (Å²) in [6.45, 7) is 3.54. The number of rotatable bonds is 5. The average molecular weight is 414 g/mol. The van der Waals surface area contributed by atoms with Gasteiger partial charge in [0, 0.05) is 30.4 Å². The number of furan rings is 1. The van der Waals surface area contributed by atoms with Crippen LogP contribution >= 0.6 is 11.3 Å². The molecular weight excluding hydrogens is 397 g/mol. The molecule has 0 spiro atoms. The first-order valence-electron chi connectivity index (χ1n) is 8.11. The lowest BCUT2D eigenvalue weighted by Gasteiger charge is -2.29. The van der Waals surface area contributed by atoms with Crippen LogP contribution in [0.25, 0.3) is 11.3 Å². The van der Waals surface area contributed by atoms with Crippen molar-refractivity contribution in [1.29, 1.82) is 0 Å². The molecule has 2 N–H and O–H groups in total. The first-order chi connectivity index (χ1) is 13.0. The lowest BCUT2D eigenvalue weighted by Crippen LogP contribution is -2.46. The van der Waals surface area contributed by atoms with Crippen molar-refractivity contribution in [1.82, 2.24) is 14.5 Å². The zero-order valence-electron chi connectivity index (χ0n) is 15.2. The van der Waals surface area contributed by atoms with Crippen LogP contribution in [-0.4, -0.2) is 31.7 Å². The van der Waals surface area contributed by atoms with Crippen LogP contribution in [0.4, 0.5) is 18.3 Å². The Hall–Kier alpha value is -2.66. The van der Waals surface area contributed by atoms with Crippen LogP contribution in [0.3, 0.4) is 0 Å². The first-order valence-corrected chi connectivity index (χ1v) is 8.99. The van der Waals surface area contributed by atoms with E-state index in [1.165, 1.54) is 13.2 Å². The average Bonchev–Trinajstić information content (AvgIpc) is 3.26. The van der Waals surface area contributed by atoms with Crippen molar-refractivity contribution in [3.05, 3.63) is 41.2 Å². The number of thiazole rings is 1. The number of nitrogens with one attached hydrogen (secondary N) is 1. The molecular formula is C17H17F3N4O3S. The molecule has 3 aromatic rings. The van der Waals surface area contributed by atoms with E-state index in [1.807, 2.05) is 0 Å². The molecule has 0 aromatic carbocycles. The van der Waals surface area contributed by atoms with Gasteiger partial charge in [-0.3, -0.25) is 4.79 Å². The molecule has 150 valence electrons. The van der Waals surface area contributed by atoms with E-state index in [0.717, 1.165) is 27.7 Å². The lowest BCUT2D eigenvalue weighted by atomic mass is 9.97. The van der Waals surface area contributed by atoms with E-state index in [4.69, 9.17) is 4.42 Å². The Morgan fingerprint density at radius 2 is 2.11 bits per heavy atom. The summed E-state index contributed by atoms with van der Waals surface area (Å²) in [7, 11) is 1.30. The SMILES string of the molecule is Cc1cc(-c2csc(NC(=O)CC(O)(c3nccn3C)C(F)(F)F)n2)c(C)o1. The van der Waals surface area contributed by atoms with Gasteiger partial charge < -0.3 is 19.4 Å². The van der Waals surface area contributed by atoms with Crippen molar-refractivity contribution in [3.63, 3.8) is 0 Å². The Labute approximate surface area is 161 Å². The molecule has 0 aliphatic rings. The second-order valence-electron chi connectivity index (χ2n) is 6.31. The van der Waals surface area contributed by atoms with E-state index < -0.39 is 29.9 Å². The number of hydrogen-bond acceptors (Lipinski definition) is 6. The molecule has 0 bridgehead atoms. The van der Waals surface area contributed by atoms with E-state index >= 15 is 0 Å². The maximum absolute atomic E-state index is 13.5. The van der Waals surface area contributed by atoms with Crippen molar-refractivity contribution in [2.45, 2.75) is 32.0 Å². The fraction of sp³-hybridized carbons (Fsp3) is 0.353. The summed E-state index contributed by atoms with van der Waals surface area (Å²) in [6.07, 6.45) is -3.97. The van der Waals surface area contributed by atoms with Crippen molar-refractivity contribution in [2.75, 3.05) is 5.32 Å². The van der Waals surface area contributed by atoms with Crippen molar-refractivity contribution < 1.29 is 27.5 Å². The highest BCUT2D eigenvalue weighted by Crippen LogP contribution is 2.41. The van der Waals surface area contributed by atoms with E-state index in [9.17, 15) is 23.1 Å². The minimum absolute atomic E-state index is 0.114. The van der Waals surface area contributed by atoms with Gasteiger partial charge in [0.05, 0.1) is 12.1 Å². The van der Waals surface area contributed by atoms with Gasteiger partial charge in [-0.1, -0.05) is 0 Å². The molecule has 28 heavy (non-hydrogen) atoms. The lowest BCUT2D eigenvalue weighted by molar-refractivity contribution is -0.270. The molecule has 1 atom stereocenters. The number of aliphatic hydroxyl groups is 1. The minimum atomic E-state index is -5.09. The third-order valence-corrected chi connectivity index (χ3v) is 4.90. The predicted molar refractivity (Wildman–Crippen MR) is 95.7 cm³/mol. The van der Waals surface area contributed by atoms with Crippen LogP contribution in [-0.2, 0) is 17.4 Å². The normalized spacial score (nSPS) is 14.1. The molecule has 1 amide bonds. The van der Waals surface area contributed by atoms with Gasteiger partial charge in [0.1, 0.15) is 11.5 Å². The van der Waals surface area contributed by atoms with Crippen LogP contribution in [0.15, 0.2) is 28.3 Å². The zero-order valence-corrected chi connectivity index (χ0v) is 16.0. The van der Waals surface area contributed by atoms with E-state index in [0.29, 0.717) is 17.2 Å².